The normalized spacial score (nSPS) is 24.9. The molecule has 2 fully saturated rings. The van der Waals surface area contributed by atoms with Gasteiger partial charge in [0.05, 0.1) is 6.42 Å². The molecule has 80 valence electrons. The number of hydrogen-bond donors (Lipinski definition) is 1. The maximum Gasteiger partial charge on any atom is 0.249 e. The monoisotopic (exact) mass is 208 g/mol. The van der Waals surface area contributed by atoms with E-state index in [4.69, 9.17) is 0 Å². The van der Waals surface area contributed by atoms with E-state index in [9.17, 15) is 14.4 Å². The number of nitrogens with zero attached hydrogens (tertiary/aromatic N) is 1. The molecule has 1 aliphatic carbocycles. The number of amides is 3. The molecular formula is C10H12N2O3. The number of imide groups is 1. The van der Waals surface area contributed by atoms with E-state index in [1.807, 2.05) is 0 Å². The Bertz CT molecular complexity index is 347. The van der Waals surface area contributed by atoms with Gasteiger partial charge in [0.25, 0.3) is 0 Å². The molecule has 5 heteroatoms. The standard InChI is InChI=1S/C10H12N2O3/c1-2-9(14)12(6-3-4-6)7-5-8(13)11-10(7)15/h2,6-7H,1,3-5H2,(H,11,13,15)/t7-/m0/s1. The lowest BCUT2D eigenvalue weighted by Crippen LogP contribution is -2.45. The summed E-state index contributed by atoms with van der Waals surface area (Å²) in [5.74, 6) is -0.957. The Morgan fingerprint density at radius 1 is 1.47 bits per heavy atom. The van der Waals surface area contributed by atoms with Crippen molar-refractivity contribution in [2.75, 3.05) is 0 Å². The molecule has 0 radical (unpaired) electrons. The zero-order chi connectivity index (χ0) is 11.0. The Morgan fingerprint density at radius 3 is 2.53 bits per heavy atom. The topological polar surface area (TPSA) is 66.5 Å². The highest BCUT2D eigenvalue weighted by molar-refractivity contribution is 6.07. The molecule has 5 nitrogen and oxygen atoms in total. The molecule has 2 rings (SSSR count). The van der Waals surface area contributed by atoms with Crippen molar-refractivity contribution in [3.05, 3.63) is 12.7 Å². The van der Waals surface area contributed by atoms with Crippen LogP contribution in [0.4, 0.5) is 0 Å². The highest BCUT2D eigenvalue weighted by Gasteiger charge is 2.43. The first-order chi connectivity index (χ1) is 7.13. The first-order valence-electron chi connectivity index (χ1n) is 4.92. The fourth-order valence-electron chi connectivity index (χ4n) is 1.81. The molecule has 2 aliphatic rings. The molecule has 0 aromatic carbocycles. The largest absolute Gasteiger partial charge is 0.324 e. The summed E-state index contributed by atoms with van der Waals surface area (Å²) in [4.78, 5) is 35.5. The first kappa shape index (κ1) is 9.89. The summed E-state index contributed by atoms with van der Waals surface area (Å²) < 4.78 is 0. The van der Waals surface area contributed by atoms with Crippen LogP contribution in [0.1, 0.15) is 19.3 Å². The third-order valence-corrected chi connectivity index (χ3v) is 2.65. The molecule has 1 saturated heterocycles. The van der Waals surface area contributed by atoms with Gasteiger partial charge in [0.1, 0.15) is 6.04 Å². The van der Waals surface area contributed by atoms with Gasteiger partial charge in [-0.2, -0.15) is 0 Å². The van der Waals surface area contributed by atoms with Crippen molar-refractivity contribution in [3.8, 4) is 0 Å². The summed E-state index contributed by atoms with van der Waals surface area (Å²) in [5.41, 5.74) is 0. The van der Waals surface area contributed by atoms with Gasteiger partial charge in [0.2, 0.25) is 17.7 Å². The van der Waals surface area contributed by atoms with Crippen molar-refractivity contribution < 1.29 is 14.4 Å². The smallest absolute Gasteiger partial charge is 0.249 e. The Morgan fingerprint density at radius 2 is 2.13 bits per heavy atom. The van der Waals surface area contributed by atoms with Crippen LogP contribution in [0.25, 0.3) is 0 Å². The van der Waals surface area contributed by atoms with Gasteiger partial charge in [-0.1, -0.05) is 6.58 Å². The molecule has 1 aliphatic heterocycles. The molecule has 0 aromatic rings. The first-order valence-corrected chi connectivity index (χ1v) is 4.92. The number of rotatable bonds is 3. The van der Waals surface area contributed by atoms with E-state index >= 15 is 0 Å². The third-order valence-electron chi connectivity index (χ3n) is 2.65. The number of hydrogen-bond acceptors (Lipinski definition) is 3. The van der Waals surface area contributed by atoms with Crippen LogP contribution in [-0.2, 0) is 14.4 Å². The van der Waals surface area contributed by atoms with Gasteiger partial charge in [-0.05, 0) is 18.9 Å². The van der Waals surface area contributed by atoms with Crippen LogP contribution in [0.15, 0.2) is 12.7 Å². The molecule has 0 unspecified atom stereocenters. The molecule has 0 spiro atoms. The van der Waals surface area contributed by atoms with E-state index in [2.05, 4.69) is 11.9 Å². The second kappa shape index (κ2) is 3.49. The zero-order valence-electron chi connectivity index (χ0n) is 8.23. The second-order valence-corrected chi connectivity index (χ2v) is 3.81. The van der Waals surface area contributed by atoms with Crippen LogP contribution in [0.3, 0.4) is 0 Å². The average Bonchev–Trinajstić information content (AvgIpc) is 2.95. The lowest BCUT2D eigenvalue weighted by Gasteiger charge is -2.25. The number of nitrogens with one attached hydrogen (secondary N) is 1. The summed E-state index contributed by atoms with van der Waals surface area (Å²) >= 11 is 0. The maximum atomic E-state index is 11.5. The lowest BCUT2D eigenvalue weighted by atomic mass is 10.2. The fourth-order valence-corrected chi connectivity index (χ4v) is 1.81. The van der Waals surface area contributed by atoms with Gasteiger partial charge in [-0.15, -0.1) is 0 Å². The zero-order valence-corrected chi connectivity index (χ0v) is 8.23. The second-order valence-electron chi connectivity index (χ2n) is 3.81. The van der Waals surface area contributed by atoms with Crippen molar-refractivity contribution in [2.24, 2.45) is 0 Å². The number of carbonyl (C=O) groups excluding carboxylic acids is 3. The third kappa shape index (κ3) is 1.77. The number of carbonyl (C=O) groups is 3. The Balaban J connectivity index is 2.17. The van der Waals surface area contributed by atoms with E-state index in [-0.39, 0.29) is 30.2 Å². The molecule has 0 bridgehead atoms. The van der Waals surface area contributed by atoms with Crippen LogP contribution in [-0.4, -0.2) is 34.7 Å². The van der Waals surface area contributed by atoms with Gasteiger partial charge in [-0.3, -0.25) is 19.7 Å². The molecule has 15 heavy (non-hydrogen) atoms. The minimum absolute atomic E-state index is 0.0783. The van der Waals surface area contributed by atoms with Crippen LogP contribution >= 0.6 is 0 Å². The van der Waals surface area contributed by atoms with E-state index in [0.717, 1.165) is 12.8 Å². The summed E-state index contributed by atoms with van der Waals surface area (Å²) in [5, 5.41) is 2.20. The predicted octanol–water partition coefficient (Wildman–Crippen LogP) is -0.422. The van der Waals surface area contributed by atoms with Crippen LogP contribution in [0.5, 0.6) is 0 Å². The van der Waals surface area contributed by atoms with Crippen LogP contribution in [0.2, 0.25) is 0 Å². The average molecular weight is 208 g/mol. The van der Waals surface area contributed by atoms with Crippen molar-refractivity contribution >= 4 is 17.7 Å². The van der Waals surface area contributed by atoms with Crippen molar-refractivity contribution in [1.82, 2.24) is 10.2 Å². The summed E-state index contributed by atoms with van der Waals surface area (Å²) in [7, 11) is 0. The Hall–Kier alpha value is -1.65. The van der Waals surface area contributed by atoms with E-state index < -0.39 is 6.04 Å². The van der Waals surface area contributed by atoms with Gasteiger partial charge in [0, 0.05) is 6.04 Å². The van der Waals surface area contributed by atoms with E-state index in [1.54, 1.807) is 0 Å². The van der Waals surface area contributed by atoms with E-state index in [0.29, 0.717) is 0 Å². The van der Waals surface area contributed by atoms with Crippen LogP contribution < -0.4 is 5.32 Å². The van der Waals surface area contributed by atoms with E-state index in [1.165, 1.54) is 11.0 Å². The quantitative estimate of drug-likeness (QED) is 0.506. The molecule has 3 amide bonds. The minimum Gasteiger partial charge on any atom is -0.324 e. The molecule has 1 N–H and O–H groups in total. The molecule has 1 atom stereocenters. The summed E-state index contributed by atoms with van der Waals surface area (Å²) in [6, 6.07) is -0.521. The molecular weight excluding hydrogens is 196 g/mol. The van der Waals surface area contributed by atoms with Crippen molar-refractivity contribution in [2.45, 2.75) is 31.3 Å². The minimum atomic E-state index is -0.629. The molecule has 1 saturated carbocycles. The lowest BCUT2D eigenvalue weighted by molar-refractivity contribution is -0.135. The Kier molecular flexibility index (Phi) is 2.30. The van der Waals surface area contributed by atoms with Crippen molar-refractivity contribution in [3.63, 3.8) is 0 Å². The summed E-state index contributed by atoms with van der Waals surface area (Å²) in [6.45, 7) is 3.40. The summed E-state index contributed by atoms with van der Waals surface area (Å²) in [6.07, 6.45) is 3.07. The highest BCUT2D eigenvalue weighted by Crippen LogP contribution is 2.30. The maximum absolute atomic E-state index is 11.5. The van der Waals surface area contributed by atoms with Crippen molar-refractivity contribution in [1.29, 1.82) is 0 Å². The predicted molar refractivity (Wildman–Crippen MR) is 51.6 cm³/mol. The van der Waals surface area contributed by atoms with Gasteiger partial charge >= 0.3 is 0 Å². The van der Waals surface area contributed by atoms with Gasteiger partial charge < -0.3 is 4.90 Å². The highest BCUT2D eigenvalue weighted by atomic mass is 16.2. The van der Waals surface area contributed by atoms with Crippen LogP contribution in [0, 0.1) is 0 Å². The van der Waals surface area contributed by atoms with Gasteiger partial charge in [-0.25, -0.2) is 0 Å². The molecule has 1 heterocycles. The SMILES string of the molecule is C=CC(=O)N(C1CC1)[C@H]1CC(=O)NC1=O. The Labute approximate surface area is 87.1 Å². The fraction of sp³-hybridized carbons (Fsp3) is 0.500. The van der Waals surface area contributed by atoms with Gasteiger partial charge in [0.15, 0.2) is 0 Å². The molecule has 0 aromatic heterocycles.